The number of hydrogen-bond acceptors (Lipinski definition) is 5. The topological polar surface area (TPSA) is 70.1 Å². The van der Waals surface area contributed by atoms with Crippen molar-refractivity contribution in [3.63, 3.8) is 0 Å². The first-order valence-corrected chi connectivity index (χ1v) is 10.8. The highest BCUT2D eigenvalue weighted by Gasteiger charge is 2.45. The average Bonchev–Trinajstić information content (AvgIpc) is 3.05. The van der Waals surface area contributed by atoms with E-state index in [2.05, 4.69) is 4.90 Å². The van der Waals surface area contributed by atoms with Gasteiger partial charge in [0.1, 0.15) is 5.76 Å². The van der Waals surface area contributed by atoms with Gasteiger partial charge in [0.25, 0.3) is 11.7 Å². The van der Waals surface area contributed by atoms with Crippen LogP contribution in [-0.4, -0.2) is 66.0 Å². The molecule has 2 aliphatic rings. The molecule has 0 aromatic heterocycles. The van der Waals surface area contributed by atoms with Gasteiger partial charge in [-0.05, 0) is 24.1 Å². The van der Waals surface area contributed by atoms with E-state index in [1.807, 2.05) is 6.07 Å². The molecule has 31 heavy (non-hydrogen) atoms. The van der Waals surface area contributed by atoms with Crippen LogP contribution in [-0.2, 0) is 14.3 Å². The Bertz CT molecular complexity index is 969. The molecule has 2 aromatic rings. The number of carbonyl (C=O) groups is 2. The number of aliphatic hydroxyl groups is 1. The van der Waals surface area contributed by atoms with Crippen LogP contribution in [0.15, 0.2) is 60.2 Å². The van der Waals surface area contributed by atoms with Gasteiger partial charge in [0, 0.05) is 36.8 Å². The minimum atomic E-state index is -0.660. The van der Waals surface area contributed by atoms with Crippen molar-refractivity contribution in [3.8, 4) is 0 Å². The molecule has 0 aliphatic carbocycles. The highest BCUT2D eigenvalue weighted by atomic mass is 35.5. The number of nitrogens with zero attached hydrogens (tertiary/aromatic N) is 2. The molecule has 1 amide bonds. The Morgan fingerprint density at radius 1 is 1.00 bits per heavy atom. The summed E-state index contributed by atoms with van der Waals surface area (Å²) < 4.78 is 5.38. The molecule has 1 unspecified atom stereocenters. The molecule has 2 heterocycles. The molecule has 0 bridgehead atoms. The number of likely N-dealkylation sites (tertiary alicyclic amines) is 1. The largest absolute Gasteiger partial charge is 0.507 e. The number of Topliss-reactive ketones (excluding diaryl/α,β-unsaturated/α-hetero) is 1. The fourth-order valence-electron chi connectivity index (χ4n) is 4.14. The van der Waals surface area contributed by atoms with Gasteiger partial charge in [0.15, 0.2) is 0 Å². The molecule has 7 heteroatoms. The lowest BCUT2D eigenvalue weighted by atomic mass is 9.95. The van der Waals surface area contributed by atoms with Crippen LogP contribution in [0.25, 0.3) is 5.76 Å². The molecule has 4 rings (SSSR count). The van der Waals surface area contributed by atoms with E-state index < -0.39 is 17.7 Å². The smallest absolute Gasteiger partial charge is 0.295 e. The first kappa shape index (κ1) is 21.6. The molecular formula is C24H25ClN2O4. The van der Waals surface area contributed by atoms with Gasteiger partial charge in [-0.3, -0.25) is 14.5 Å². The molecule has 2 saturated heterocycles. The van der Waals surface area contributed by atoms with Gasteiger partial charge in [-0.25, -0.2) is 0 Å². The SMILES string of the molecule is O=C1C(=O)N(CCCN2CCOCC2)C(c2ccc(Cl)cc2)C1=C(O)c1ccccc1. The summed E-state index contributed by atoms with van der Waals surface area (Å²) in [6.45, 7) is 4.40. The maximum Gasteiger partial charge on any atom is 0.295 e. The molecule has 0 radical (unpaired) electrons. The Balaban J connectivity index is 1.65. The Kier molecular flexibility index (Phi) is 6.70. The zero-order chi connectivity index (χ0) is 21.8. The van der Waals surface area contributed by atoms with Crippen molar-refractivity contribution in [2.75, 3.05) is 39.4 Å². The lowest BCUT2D eigenvalue weighted by Gasteiger charge is -2.29. The molecule has 2 aliphatic heterocycles. The van der Waals surface area contributed by atoms with Gasteiger partial charge < -0.3 is 14.7 Å². The number of amides is 1. The first-order chi connectivity index (χ1) is 15.1. The van der Waals surface area contributed by atoms with E-state index >= 15 is 0 Å². The van der Waals surface area contributed by atoms with Gasteiger partial charge in [-0.15, -0.1) is 0 Å². The fraction of sp³-hybridized carbons (Fsp3) is 0.333. The summed E-state index contributed by atoms with van der Waals surface area (Å²) in [5.41, 5.74) is 1.37. The fourth-order valence-corrected chi connectivity index (χ4v) is 4.27. The molecule has 0 saturated carbocycles. The average molecular weight is 441 g/mol. The van der Waals surface area contributed by atoms with Crippen molar-refractivity contribution >= 4 is 29.1 Å². The maximum absolute atomic E-state index is 13.0. The molecular weight excluding hydrogens is 416 g/mol. The predicted molar refractivity (Wildman–Crippen MR) is 119 cm³/mol. The Labute approximate surface area is 186 Å². The van der Waals surface area contributed by atoms with Crippen molar-refractivity contribution in [1.29, 1.82) is 0 Å². The number of aliphatic hydroxyl groups excluding tert-OH is 1. The quantitative estimate of drug-likeness (QED) is 0.423. The molecule has 1 N–H and O–H groups in total. The second kappa shape index (κ2) is 9.64. The summed E-state index contributed by atoms with van der Waals surface area (Å²) in [6.07, 6.45) is 0.725. The van der Waals surface area contributed by atoms with E-state index in [1.165, 1.54) is 0 Å². The summed E-state index contributed by atoms with van der Waals surface area (Å²) in [5.74, 6) is -1.40. The molecule has 2 aromatic carbocycles. The van der Waals surface area contributed by atoms with Crippen LogP contribution in [0.2, 0.25) is 5.02 Å². The Morgan fingerprint density at radius 2 is 1.68 bits per heavy atom. The van der Waals surface area contributed by atoms with Gasteiger partial charge in [-0.2, -0.15) is 0 Å². The van der Waals surface area contributed by atoms with Crippen LogP contribution >= 0.6 is 11.6 Å². The van der Waals surface area contributed by atoms with Crippen LogP contribution in [0.3, 0.4) is 0 Å². The third-order valence-electron chi connectivity index (χ3n) is 5.75. The second-order valence-electron chi connectivity index (χ2n) is 7.72. The van der Waals surface area contributed by atoms with E-state index in [9.17, 15) is 14.7 Å². The summed E-state index contributed by atoms with van der Waals surface area (Å²) >= 11 is 6.05. The number of ketones is 1. The predicted octanol–water partition coefficient (Wildman–Crippen LogP) is 3.48. The summed E-state index contributed by atoms with van der Waals surface area (Å²) in [5, 5.41) is 11.5. The van der Waals surface area contributed by atoms with Crippen molar-refractivity contribution in [3.05, 3.63) is 76.3 Å². The number of rotatable bonds is 6. The zero-order valence-electron chi connectivity index (χ0n) is 17.2. The third-order valence-corrected chi connectivity index (χ3v) is 6.00. The normalized spacial score (nSPS) is 21.6. The Morgan fingerprint density at radius 3 is 2.35 bits per heavy atom. The number of morpholine rings is 1. The minimum Gasteiger partial charge on any atom is -0.507 e. The minimum absolute atomic E-state index is 0.116. The van der Waals surface area contributed by atoms with Crippen LogP contribution < -0.4 is 0 Å². The van der Waals surface area contributed by atoms with E-state index in [4.69, 9.17) is 16.3 Å². The lowest BCUT2D eigenvalue weighted by molar-refractivity contribution is -0.140. The summed E-state index contributed by atoms with van der Waals surface area (Å²) in [6, 6.07) is 15.2. The second-order valence-corrected chi connectivity index (χ2v) is 8.15. The summed E-state index contributed by atoms with van der Waals surface area (Å²) in [4.78, 5) is 29.8. The van der Waals surface area contributed by atoms with Gasteiger partial charge in [0.05, 0.1) is 24.8 Å². The van der Waals surface area contributed by atoms with Crippen LogP contribution in [0.5, 0.6) is 0 Å². The van der Waals surface area contributed by atoms with Crippen molar-refractivity contribution in [2.45, 2.75) is 12.5 Å². The highest BCUT2D eigenvalue weighted by molar-refractivity contribution is 6.46. The molecule has 0 spiro atoms. The van der Waals surface area contributed by atoms with E-state index in [1.54, 1.807) is 53.4 Å². The Hall–Kier alpha value is -2.67. The molecule has 162 valence electrons. The monoisotopic (exact) mass is 440 g/mol. The summed E-state index contributed by atoms with van der Waals surface area (Å²) in [7, 11) is 0. The molecule has 6 nitrogen and oxygen atoms in total. The number of benzene rings is 2. The number of hydrogen-bond donors (Lipinski definition) is 1. The standard InChI is InChI=1S/C24H25ClN2O4/c25-19-9-7-17(8-10-19)21-20(22(28)18-5-2-1-3-6-18)23(29)24(30)27(21)12-4-11-26-13-15-31-16-14-26/h1-3,5-10,21,28H,4,11-16H2. The van der Waals surface area contributed by atoms with Crippen molar-refractivity contribution in [2.24, 2.45) is 0 Å². The zero-order valence-corrected chi connectivity index (χ0v) is 17.9. The molecule has 2 fully saturated rings. The number of carbonyl (C=O) groups excluding carboxylic acids is 2. The van der Waals surface area contributed by atoms with E-state index in [0.717, 1.165) is 31.6 Å². The van der Waals surface area contributed by atoms with Crippen molar-refractivity contribution in [1.82, 2.24) is 9.80 Å². The van der Waals surface area contributed by atoms with Crippen LogP contribution in [0, 0.1) is 0 Å². The number of ether oxygens (including phenoxy) is 1. The van der Waals surface area contributed by atoms with Gasteiger partial charge in [0.2, 0.25) is 0 Å². The van der Waals surface area contributed by atoms with Gasteiger partial charge in [-0.1, -0.05) is 54.1 Å². The first-order valence-electron chi connectivity index (χ1n) is 10.5. The van der Waals surface area contributed by atoms with Crippen LogP contribution in [0.4, 0.5) is 0 Å². The van der Waals surface area contributed by atoms with E-state index in [-0.39, 0.29) is 11.3 Å². The highest BCUT2D eigenvalue weighted by Crippen LogP contribution is 2.39. The third kappa shape index (κ3) is 4.66. The lowest BCUT2D eigenvalue weighted by Crippen LogP contribution is -2.38. The van der Waals surface area contributed by atoms with E-state index in [0.29, 0.717) is 30.3 Å². The molecule has 1 atom stereocenters. The van der Waals surface area contributed by atoms with Gasteiger partial charge >= 0.3 is 0 Å². The number of halogens is 1. The van der Waals surface area contributed by atoms with Crippen molar-refractivity contribution < 1.29 is 19.4 Å². The van der Waals surface area contributed by atoms with Crippen LogP contribution in [0.1, 0.15) is 23.6 Å². The maximum atomic E-state index is 13.0.